The summed E-state index contributed by atoms with van der Waals surface area (Å²) in [4.78, 5) is 24.1. The van der Waals surface area contributed by atoms with Crippen molar-refractivity contribution < 1.29 is 30.0 Å². The largest absolute Gasteiger partial charge is 0.504 e. The lowest BCUT2D eigenvalue weighted by Gasteiger charge is -2.28. The predicted octanol–water partition coefficient (Wildman–Crippen LogP) is 0.592. The molecule has 1 fully saturated rings. The highest BCUT2D eigenvalue weighted by atomic mass is 16.3. The summed E-state index contributed by atoms with van der Waals surface area (Å²) < 4.78 is 0. The van der Waals surface area contributed by atoms with Gasteiger partial charge in [0.2, 0.25) is 0 Å². The van der Waals surface area contributed by atoms with E-state index in [2.05, 4.69) is 5.32 Å². The molecule has 0 spiro atoms. The highest BCUT2D eigenvalue weighted by molar-refractivity contribution is 6.10. The molecule has 3 amide bonds. The van der Waals surface area contributed by atoms with Crippen molar-refractivity contribution in [1.82, 2.24) is 10.6 Å². The van der Waals surface area contributed by atoms with Crippen molar-refractivity contribution in [2.75, 3.05) is 0 Å². The van der Waals surface area contributed by atoms with E-state index in [-0.39, 0.29) is 11.1 Å². The second-order valence-electron chi connectivity index (χ2n) is 5.00. The fraction of sp³-hybridized carbons (Fsp3) is 0.0667. The van der Waals surface area contributed by atoms with Gasteiger partial charge in [-0.25, -0.2) is 4.79 Å². The van der Waals surface area contributed by atoms with Crippen LogP contribution in [0, 0.1) is 0 Å². The van der Waals surface area contributed by atoms with Crippen LogP contribution in [0.15, 0.2) is 36.4 Å². The number of hydrogen-bond acceptors (Lipinski definition) is 6. The first-order valence-corrected chi connectivity index (χ1v) is 6.54. The normalized spacial score (nSPS) is 16.0. The molecule has 23 heavy (non-hydrogen) atoms. The van der Waals surface area contributed by atoms with Crippen LogP contribution >= 0.6 is 0 Å². The van der Waals surface area contributed by atoms with Crippen LogP contribution in [0.3, 0.4) is 0 Å². The van der Waals surface area contributed by atoms with Gasteiger partial charge in [0.15, 0.2) is 28.5 Å². The second-order valence-corrected chi connectivity index (χ2v) is 5.00. The molecular weight excluding hydrogens is 304 g/mol. The van der Waals surface area contributed by atoms with E-state index in [0.717, 1.165) is 0 Å². The van der Waals surface area contributed by atoms with E-state index in [4.69, 9.17) is 0 Å². The topological polar surface area (TPSA) is 139 Å². The number of urea groups is 1. The van der Waals surface area contributed by atoms with Crippen LogP contribution in [0.4, 0.5) is 4.79 Å². The lowest BCUT2D eigenvalue weighted by Crippen LogP contribution is -2.45. The molecule has 3 rings (SSSR count). The van der Waals surface area contributed by atoms with Gasteiger partial charge in [0.1, 0.15) is 0 Å². The van der Waals surface area contributed by atoms with Crippen molar-refractivity contribution in [2.45, 2.75) is 5.54 Å². The third kappa shape index (κ3) is 1.92. The van der Waals surface area contributed by atoms with Gasteiger partial charge in [-0.1, -0.05) is 24.3 Å². The minimum absolute atomic E-state index is 0.151. The molecule has 6 N–H and O–H groups in total. The maximum absolute atomic E-state index is 12.5. The Bertz CT molecular complexity index is 781. The fourth-order valence-corrected chi connectivity index (χ4v) is 2.65. The molecule has 8 nitrogen and oxygen atoms in total. The summed E-state index contributed by atoms with van der Waals surface area (Å²) in [5, 5.41) is 44.0. The molecule has 8 heteroatoms. The second kappa shape index (κ2) is 4.80. The van der Waals surface area contributed by atoms with E-state index >= 15 is 0 Å². The quantitative estimate of drug-likeness (QED) is 0.354. The number of hydrogen-bond donors (Lipinski definition) is 6. The first-order chi connectivity index (χ1) is 10.9. The Hall–Kier alpha value is -3.42. The van der Waals surface area contributed by atoms with Gasteiger partial charge in [-0.15, -0.1) is 0 Å². The molecule has 118 valence electrons. The number of phenolic OH excluding ortho intramolecular Hbond substituents is 4. The number of amides is 3. The molecule has 1 saturated heterocycles. The van der Waals surface area contributed by atoms with Gasteiger partial charge in [-0.05, 0) is 12.1 Å². The van der Waals surface area contributed by atoms with E-state index in [1.807, 2.05) is 5.32 Å². The standard InChI is InChI=1S/C15H12N2O6/c18-9-5-1-3-7(11(9)20)15(13(22)16-14(23)17-15)8-4-2-6-10(19)12(8)21/h1-6,18-21H,(H2,16,17,22,23). The molecule has 0 aromatic heterocycles. The zero-order valence-electron chi connectivity index (χ0n) is 11.6. The van der Waals surface area contributed by atoms with Crippen molar-refractivity contribution in [3.05, 3.63) is 47.5 Å². The summed E-state index contributed by atoms with van der Waals surface area (Å²) in [7, 11) is 0. The van der Waals surface area contributed by atoms with Gasteiger partial charge in [0.05, 0.1) is 0 Å². The van der Waals surface area contributed by atoms with Gasteiger partial charge in [0.25, 0.3) is 5.91 Å². The zero-order valence-corrected chi connectivity index (χ0v) is 11.6. The number of imide groups is 1. The highest BCUT2D eigenvalue weighted by Crippen LogP contribution is 2.45. The van der Waals surface area contributed by atoms with Crippen LogP contribution in [-0.4, -0.2) is 32.4 Å². The van der Waals surface area contributed by atoms with E-state index in [1.54, 1.807) is 0 Å². The van der Waals surface area contributed by atoms with E-state index < -0.39 is 40.5 Å². The number of carbonyl (C=O) groups is 2. The number of phenols is 4. The maximum Gasteiger partial charge on any atom is 0.322 e. The molecule has 0 atom stereocenters. The van der Waals surface area contributed by atoms with Crippen molar-refractivity contribution in [2.24, 2.45) is 0 Å². The molecule has 1 aliphatic heterocycles. The first kappa shape index (κ1) is 14.5. The van der Waals surface area contributed by atoms with Gasteiger partial charge in [0, 0.05) is 11.1 Å². The Balaban J connectivity index is 2.37. The number of carbonyl (C=O) groups excluding carboxylic acids is 2. The van der Waals surface area contributed by atoms with Crippen molar-refractivity contribution in [3.63, 3.8) is 0 Å². The third-order valence-corrected chi connectivity index (χ3v) is 3.71. The summed E-state index contributed by atoms with van der Waals surface area (Å²) in [6.07, 6.45) is 0. The molecule has 0 unspecified atom stereocenters. The predicted molar refractivity (Wildman–Crippen MR) is 77.0 cm³/mol. The van der Waals surface area contributed by atoms with Crippen LogP contribution < -0.4 is 10.6 Å². The van der Waals surface area contributed by atoms with Crippen LogP contribution in [0.25, 0.3) is 0 Å². The monoisotopic (exact) mass is 316 g/mol. The Morgan fingerprint density at radius 3 is 1.65 bits per heavy atom. The van der Waals surface area contributed by atoms with E-state index in [9.17, 15) is 30.0 Å². The van der Waals surface area contributed by atoms with Gasteiger partial charge >= 0.3 is 6.03 Å². The number of aromatic hydroxyl groups is 4. The minimum atomic E-state index is -2.00. The average molecular weight is 316 g/mol. The van der Waals surface area contributed by atoms with Crippen LogP contribution in [0.1, 0.15) is 11.1 Å². The smallest absolute Gasteiger partial charge is 0.322 e. The SMILES string of the molecule is O=C1NC(=O)C(c2cccc(O)c2O)(c2cccc(O)c2O)N1. The van der Waals surface area contributed by atoms with Crippen molar-refractivity contribution in [1.29, 1.82) is 0 Å². The van der Waals surface area contributed by atoms with Crippen molar-refractivity contribution >= 4 is 11.9 Å². The van der Waals surface area contributed by atoms with E-state index in [1.165, 1.54) is 36.4 Å². The summed E-state index contributed by atoms with van der Waals surface area (Å²) in [5.41, 5.74) is -2.30. The Labute approximate surface area is 129 Å². The molecule has 0 bridgehead atoms. The number of benzene rings is 2. The fourth-order valence-electron chi connectivity index (χ4n) is 2.65. The minimum Gasteiger partial charge on any atom is -0.504 e. The Kier molecular flexibility index (Phi) is 3.03. The maximum atomic E-state index is 12.5. The average Bonchev–Trinajstić information content (AvgIpc) is 2.80. The van der Waals surface area contributed by atoms with Gasteiger partial charge in [-0.3, -0.25) is 10.1 Å². The molecule has 1 aliphatic rings. The summed E-state index contributed by atoms with van der Waals surface area (Å²) in [6, 6.07) is 6.90. The Morgan fingerprint density at radius 1 is 0.783 bits per heavy atom. The molecule has 2 aromatic carbocycles. The summed E-state index contributed by atoms with van der Waals surface area (Å²) in [5.74, 6) is -3.14. The zero-order chi connectivity index (χ0) is 16.8. The number of rotatable bonds is 2. The first-order valence-electron chi connectivity index (χ1n) is 6.54. The lowest BCUT2D eigenvalue weighted by atomic mass is 9.81. The molecule has 0 aliphatic carbocycles. The molecule has 1 heterocycles. The molecule has 0 saturated carbocycles. The van der Waals surface area contributed by atoms with Gasteiger partial charge in [-0.2, -0.15) is 0 Å². The van der Waals surface area contributed by atoms with E-state index in [0.29, 0.717) is 0 Å². The van der Waals surface area contributed by atoms with Crippen molar-refractivity contribution in [3.8, 4) is 23.0 Å². The highest BCUT2D eigenvalue weighted by Gasteiger charge is 2.52. The summed E-state index contributed by atoms with van der Waals surface area (Å²) >= 11 is 0. The van der Waals surface area contributed by atoms with Crippen LogP contribution in [-0.2, 0) is 10.3 Å². The molecular formula is C15H12N2O6. The van der Waals surface area contributed by atoms with Crippen LogP contribution in [0.2, 0.25) is 0 Å². The number of nitrogens with one attached hydrogen (secondary N) is 2. The van der Waals surface area contributed by atoms with Gasteiger partial charge < -0.3 is 25.7 Å². The number of para-hydroxylation sites is 2. The molecule has 0 radical (unpaired) electrons. The Morgan fingerprint density at radius 2 is 1.26 bits per heavy atom. The molecule has 2 aromatic rings. The third-order valence-electron chi connectivity index (χ3n) is 3.71. The summed E-state index contributed by atoms with van der Waals surface area (Å²) in [6.45, 7) is 0. The lowest BCUT2D eigenvalue weighted by molar-refractivity contribution is -0.123. The van der Waals surface area contributed by atoms with Crippen LogP contribution in [0.5, 0.6) is 23.0 Å².